The molecular formula is C13H20N2O. The SMILES string of the molecule is CC1CC(C#N)(C(=O)N2CCCCC2C)C1. The van der Waals surface area contributed by atoms with Crippen LogP contribution in [0.3, 0.4) is 0 Å². The van der Waals surface area contributed by atoms with E-state index in [0.29, 0.717) is 12.0 Å². The minimum atomic E-state index is -0.676. The Morgan fingerprint density at radius 3 is 2.56 bits per heavy atom. The average Bonchev–Trinajstić information content (AvgIpc) is 2.24. The first-order valence-electron chi connectivity index (χ1n) is 6.31. The van der Waals surface area contributed by atoms with Crippen molar-refractivity contribution in [3.05, 3.63) is 0 Å². The van der Waals surface area contributed by atoms with Crippen molar-refractivity contribution in [2.75, 3.05) is 6.54 Å². The van der Waals surface area contributed by atoms with E-state index in [4.69, 9.17) is 0 Å². The third-order valence-corrected chi connectivity index (χ3v) is 4.08. The lowest BCUT2D eigenvalue weighted by atomic mass is 9.62. The lowest BCUT2D eigenvalue weighted by Crippen LogP contribution is -2.53. The molecule has 1 aliphatic heterocycles. The quantitative estimate of drug-likeness (QED) is 0.680. The van der Waals surface area contributed by atoms with Crippen molar-refractivity contribution in [2.45, 2.75) is 52.0 Å². The number of carbonyl (C=O) groups is 1. The molecule has 2 fully saturated rings. The van der Waals surface area contributed by atoms with Gasteiger partial charge >= 0.3 is 0 Å². The summed E-state index contributed by atoms with van der Waals surface area (Å²) in [4.78, 5) is 14.3. The Morgan fingerprint density at radius 2 is 2.06 bits per heavy atom. The fraction of sp³-hybridized carbons (Fsp3) is 0.846. The number of likely N-dealkylation sites (tertiary alicyclic amines) is 1. The molecule has 0 bridgehead atoms. The van der Waals surface area contributed by atoms with Gasteiger partial charge in [0.05, 0.1) is 6.07 Å². The van der Waals surface area contributed by atoms with Gasteiger partial charge in [0.2, 0.25) is 5.91 Å². The molecule has 0 spiro atoms. The lowest BCUT2D eigenvalue weighted by Gasteiger charge is -2.45. The molecule has 3 heteroatoms. The van der Waals surface area contributed by atoms with Crippen molar-refractivity contribution in [3.63, 3.8) is 0 Å². The molecule has 0 aromatic rings. The van der Waals surface area contributed by atoms with Crippen LogP contribution in [0.15, 0.2) is 0 Å². The second kappa shape index (κ2) is 4.08. The van der Waals surface area contributed by atoms with E-state index in [9.17, 15) is 10.1 Å². The van der Waals surface area contributed by atoms with Crippen LogP contribution in [-0.4, -0.2) is 23.4 Å². The molecule has 0 aromatic heterocycles. The Labute approximate surface area is 97.4 Å². The molecule has 2 aliphatic rings. The van der Waals surface area contributed by atoms with Gasteiger partial charge in [-0.15, -0.1) is 0 Å². The Balaban J connectivity index is 2.09. The maximum Gasteiger partial charge on any atom is 0.243 e. The van der Waals surface area contributed by atoms with Gasteiger partial charge in [-0.05, 0) is 44.9 Å². The maximum absolute atomic E-state index is 12.4. The predicted molar refractivity (Wildman–Crippen MR) is 61.5 cm³/mol. The third-order valence-electron chi connectivity index (χ3n) is 4.08. The maximum atomic E-state index is 12.4. The van der Waals surface area contributed by atoms with Crippen molar-refractivity contribution in [2.24, 2.45) is 11.3 Å². The summed E-state index contributed by atoms with van der Waals surface area (Å²) in [7, 11) is 0. The van der Waals surface area contributed by atoms with E-state index >= 15 is 0 Å². The van der Waals surface area contributed by atoms with Crippen molar-refractivity contribution in [3.8, 4) is 6.07 Å². The summed E-state index contributed by atoms with van der Waals surface area (Å²) in [6.45, 7) is 5.06. The minimum Gasteiger partial charge on any atom is -0.339 e. The van der Waals surface area contributed by atoms with Gasteiger partial charge in [0.25, 0.3) is 0 Å². The van der Waals surface area contributed by atoms with Crippen LogP contribution in [0.1, 0.15) is 46.0 Å². The molecule has 88 valence electrons. The summed E-state index contributed by atoms with van der Waals surface area (Å²) < 4.78 is 0. The van der Waals surface area contributed by atoms with E-state index in [2.05, 4.69) is 19.9 Å². The molecule has 3 nitrogen and oxygen atoms in total. The Kier molecular flexibility index (Phi) is 2.92. The van der Waals surface area contributed by atoms with Crippen LogP contribution in [0.2, 0.25) is 0 Å². The number of hydrogen-bond acceptors (Lipinski definition) is 2. The number of hydrogen-bond donors (Lipinski definition) is 0. The molecule has 1 atom stereocenters. The van der Waals surface area contributed by atoms with Crippen LogP contribution < -0.4 is 0 Å². The van der Waals surface area contributed by atoms with Crippen LogP contribution in [0, 0.1) is 22.7 Å². The molecule has 0 radical (unpaired) electrons. The molecule has 0 aromatic carbocycles. The largest absolute Gasteiger partial charge is 0.339 e. The molecule has 1 saturated carbocycles. The topological polar surface area (TPSA) is 44.1 Å². The summed E-state index contributed by atoms with van der Waals surface area (Å²) in [5.41, 5.74) is -0.676. The van der Waals surface area contributed by atoms with Crippen molar-refractivity contribution >= 4 is 5.91 Å². The fourth-order valence-electron chi connectivity index (χ4n) is 3.12. The van der Waals surface area contributed by atoms with Gasteiger partial charge in [-0.25, -0.2) is 0 Å². The van der Waals surface area contributed by atoms with E-state index in [0.717, 1.165) is 32.2 Å². The molecule has 16 heavy (non-hydrogen) atoms. The van der Waals surface area contributed by atoms with Gasteiger partial charge in [0.1, 0.15) is 5.41 Å². The van der Waals surface area contributed by atoms with Crippen LogP contribution in [-0.2, 0) is 4.79 Å². The van der Waals surface area contributed by atoms with Gasteiger partial charge in [0, 0.05) is 12.6 Å². The van der Waals surface area contributed by atoms with Gasteiger partial charge in [-0.3, -0.25) is 4.79 Å². The highest BCUT2D eigenvalue weighted by Crippen LogP contribution is 2.46. The van der Waals surface area contributed by atoms with Crippen LogP contribution in [0.4, 0.5) is 0 Å². The van der Waals surface area contributed by atoms with E-state index < -0.39 is 5.41 Å². The summed E-state index contributed by atoms with van der Waals surface area (Å²) >= 11 is 0. The lowest BCUT2D eigenvalue weighted by molar-refractivity contribution is -0.148. The zero-order valence-electron chi connectivity index (χ0n) is 10.2. The molecule has 2 rings (SSSR count). The zero-order chi connectivity index (χ0) is 11.8. The number of nitrogens with zero attached hydrogens (tertiary/aromatic N) is 2. The molecule has 1 aliphatic carbocycles. The molecule has 1 amide bonds. The molecule has 1 unspecified atom stereocenters. The van der Waals surface area contributed by atoms with Crippen molar-refractivity contribution < 1.29 is 4.79 Å². The first kappa shape index (κ1) is 11.4. The highest BCUT2D eigenvalue weighted by Gasteiger charge is 2.51. The highest BCUT2D eigenvalue weighted by atomic mass is 16.2. The summed E-state index contributed by atoms with van der Waals surface area (Å²) in [6, 6.07) is 2.59. The zero-order valence-corrected chi connectivity index (χ0v) is 10.2. The monoisotopic (exact) mass is 220 g/mol. The van der Waals surface area contributed by atoms with Crippen LogP contribution >= 0.6 is 0 Å². The summed E-state index contributed by atoms with van der Waals surface area (Å²) in [5, 5.41) is 9.24. The predicted octanol–water partition coefficient (Wildman–Crippen LogP) is 2.33. The minimum absolute atomic E-state index is 0.0975. The number of rotatable bonds is 1. The Morgan fingerprint density at radius 1 is 1.38 bits per heavy atom. The first-order valence-corrected chi connectivity index (χ1v) is 6.31. The van der Waals surface area contributed by atoms with E-state index in [1.54, 1.807) is 0 Å². The normalized spacial score (nSPS) is 38.7. The van der Waals surface area contributed by atoms with E-state index in [1.807, 2.05) is 4.90 Å². The van der Waals surface area contributed by atoms with Crippen LogP contribution in [0.5, 0.6) is 0 Å². The van der Waals surface area contributed by atoms with E-state index in [1.165, 1.54) is 6.42 Å². The highest BCUT2D eigenvalue weighted by molar-refractivity contribution is 5.87. The number of amides is 1. The summed E-state index contributed by atoms with van der Waals surface area (Å²) in [6.07, 6.45) is 4.90. The second-order valence-electron chi connectivity index (χ2n) is 5.55. The second-order valence-corrected chi connectivity index (χ2v) is 5.55. The Hall–Kier alpha value is -1.04. The third kappa shape index (κ3) is 1.71. The fourth-order valence-corrected chi connectivity index (χ4v) is 3.12. The number of nitriles is 1. The smallest absolute Gasteiger partial charge is 0.243 e. The number of piperidine rings is 1. The molecule has 1 saturated heterocycles. The van der Waals surface area contributed by atoms with Crippen molar-refractivity contribution in [1.29, 1.82) is 5.26 Å². The van der Waals surface area contributed by atoms with Crippen LogP contribution in [0.25, 0.3) is 0 Å². The Bertz CT molecular complexity index is 325. The standard InChI is InChI=1S/C13H20N2O/c1-10-7-13(8-10,9-14)12(16)15-6-4-3-5-11(15)2/h10-11H,3-8H2,1-2H3. The molecular weight excluding hydrogens is 200 g/mol. The average molecular weight is 220 g/mol. The van der Waals surface area contributed by atoms with Gasteiger partial charge in [-0.1, -0.05) is 6.92 Å². The van der Waals surface area contributed by atoms with Gasteiger partial charge in [0.15, 0.2) is 0 Å². The first-order chi connectivity index (χ1) is 7.59. The number of carbonyl (C=O) groups excluding carboxylic acids is 1. The van der Waals surface area contributed by atoms with Crippen molar-refractivity contribution in [1.82, 2.24) is 4.90 Å². The van der Waals surface area contributed by atoms with E-state index in [-0.39, 0.29) is 5.91 Å². The van der Waals surface area contributed by atoms with Gasteiger partial charge < -0.3 is 4.90 Å². The summed E-state index contributed by atoms with van der Waals surface area (Å²) in [5.74, 6) is 0.629. The molecule has 1 heterocycles. The van der Waals surface area contributed by atoms with Gasteiger partial charge in [-0.2, -0.15) is 5.26 Å². The molecule has 0 N–H and O–H groups in total.